The number of hydrogen-bond acceptors (Lipinski definition) is 3. The summed E-state index contributed by atoms with van der Waals surface area (Å²) in [6, 6.07) is 9.68. The van der Waals surface area contributed by atoms with Gasteiger partial charge in [0.25, 0.3) is 5.91 Å². The first kappa shape index (κ1) is 12.7. The van der Waals surface area contributed by atoms with E-state index in [1.54, 1.807) is 21.1 Å². The van der Waals surface area contributed by atoms with Gasteiger partial charge in [0.1, 0.15) is 0 Å². The van der Waals surface area contributed by atoms with Gasteiger partial charge in [-0.15, -0.1) is 0 Å². The quantitative estimate of drug-likeness (QED) is 0.756. The first-order valence-electron chi connectivity index (χ1n) is 5.15. The maximum atomic E-state index is 11.7. The maximum Gasteiger partial charge on any atom is 0.266 e. The highest BCUT2D eigenvalue weighted by Crippen LogP contribution is 2.04. The van der Waals surface area contributed by atoms with E-state index in [9.17, 15) is 9.90 Å². The second-order valence-corrected chi connectivity index (χ2v) is 4.02. The van der Waals surface area contributed by atoms with Gasteiger partial charge in [0.2, 0.25) is 0 Å². The molecule has 0 aliphatic heterocycles. The molecule has 1 atom stereocenters. The Morgan fingerprint density at radius 3 is 2.31 bits per heavy atom. The molecule has 88 valence electrons. The molecule has 0 aliphatic rings. The van der Waals surface area contributed by atoms with Crippen molar-refractivity contribution in [2.45, 2.75) is 12.8 Å². The van der Waals surface area contributed by atoms with Crippen LogP contribution in [0.3, 0.4) is 0 Å². The molecule has 0 heterocycles. The van der Waals surface area contributed by atoms with Crippen LogP contribution in [0.5, 0.6) is 0 Å². The van der Waals surface area contributed by atoms with Crippen LogP contribution < -0.4 is 0 Å². The van der Waals surface area contributed by atoms with Crippen LogP contribution in [0.4, 0.5) is 0 Å². The lowest BCUT2D eigenvalue weighted by atomic mass is 10.2. The topological polar surface area (TPSA) is 43.8 Å². The summed E-state index contributed by atoms with van der Waals surface area (Å²) in [5.41, 5.74) is 1.05. The second kappa shape index (κ2) is 5.63. The van der Waals surface area contributed by atoms with Crippen molar-refractivity contribution >= 4 is 5.91 Å². The number of amides is 1. The number of carbonyl (C=O) groups is 1. The van der Waals surface area contributed by atoms with E-state index < -0.39 is 6.23 Å². The lowest BCUT2D eigenvalue weighted by Crippen LogP contribution is -2.43. The molecule has 1 rings (SSSR count). The van der Waals surface area contributed by atoms with E-state index in [4.69, 9.17) is 0 Å². The largest absolute Gasteiger partial charge is 0.370 e. The molecular formula is C12H18N2O2. The molecule has 0 saturated heterocycles. The highest BCUT2D eigenvalue weighted by Gasteiger charge is 2.20. The van der Waals surface area contributed by atoms with Crippen LogP contribution in [-0.2, 0) is 11.3 Å². The SMILES string of the molecule is CN(Cc1ccccc1)C(=O)C(O)N(C)C. The third-order valence-corrected chi connectivity index (χ3v) is 2.35. The Balaban J connectivity index is 2.59. The molecule has 4 heteroatoms. The molecule has 4 nitrogen and oxygen atoms in total. The van der Waals surface area contributed by atoms with E-state index >= 15 is 0 Å². The molecule has 0 saturated carbocycles. The zero-order valence-corrected chi connectivity index (χ0v) is 9.92. The van der Waals surface area contributed by atoms with E-state index in [0.717, 1.165) is 5.56 Å². The zero-order chi connectivity index (χ0) is 12.1. The van der Waals surface area contributed by atoms with E-state index in [0.29, 0.717) is 6.54 Å². The Labute approximate surface area is 96.1 Å². The highest BCUT2D eigenvalue weighted by atomic mass is 16.3. The first-order valence-corrected chi connectivity index (χ1v) is 5.15. The van der Waals surface area contributed by atoms with Crippen molar-refractivity contribution in [3.05, 3.63) is 35.9 Å². The minimum absolute atomic E-state index is 0.297. The van der Waals surface area contributed by atoms with E-state index in [1.165, 1.54) is 9.80 Å². The van der Waals surface area contributed by atoms with Gasteiger partial charge < -0.3 is 10.0 Å². The predicted molar refractivity (Wildman–Crippen MR) is 62.6 cm³/mol. The number of rotatable bonds is 4. The van der Waals surface area contributed by atoms with Gasteiger partial charge in [-0.1, -0.05) is 30.3 Å². The van der Waals surface area contributed by atoms with E-state index in [2.05, 4.69) is 0 Å². The van der Waals surface area contributed by atoms with Crippen molar-refractivity contribution < 1.29 is 9.90 Å². The Morgan fingerprint density at radius 2 is 1.81 bits per heavy atom. The fraction of sp³-hybridized carbons (Fsp3) is 0.417. The van der Waals surface area contributed by atoms with Crippen LogP contribution in [0.25, 0.3) is 0 Å². The number of aliphatic hydroxyl groups excluding tert-OH is 1. The van der Waals surface area contributed by atoms with Crippen LogP contribution in [0.15, 0.2) is 30.3 Å². The number of hydrogen-bond donors (Lipinski definition) is 1. The number of aliphatic hydroxyl groups is 1. The Kier molecular flexibility index (Phi) is 4.46. The molecule has 0 spiro atoms. The molecule has 0 aromatic heterocycles. The Morgan fingerprint density at radius 1 is 1.25 bits per heavy atom. The van der Waals surface area contributed by atoms with Gasteiger partial charge in [-0.05, 0) is 19.7 Å². The molecule has 1 aromatic rings. The average Bonchev–Trinajstić information content (AvgIpc) is 2.28. The molecular weight excluding hydrogens is 204 g/mol. The van der Waals surface area contributed by atoms with Crippen LogP contribution in [-0.4, -0.2) is 48.2 Å². The summed E-state index contributed by atoms with van der Waals surface area (Å²) < 4.78 is 0. The minimum Gasteiger partial charge on any atom is -0.370 e. The predicted octanol–water partition coefficient (Wildman–Crippen LogP) is 0.525. The minimum atomic E-state index is -1.08. The second-order valence-electron chi connectivity index (χ2n) is 4.02. The summed E-state index contributed by atoms with van der Waals surface area (Å²) in [6.07, 6.45) is -1.08. The Bertz CT molecular complexity index is 338. The number of likely N-dealkylation sites (N-methyl/N-ethyl adjacent to an activating group) is 2. The fourth-order valence-corrected chi connectivity index (χ4v) is 1.35. The van der Waals surface area contributed by atoms with Crippen molar-refractivity contribution in [1.29, 1.82) is 0 Å². The van der Waals surface area contributed by atoms with Gasteiger partial charge in [-0.3, -0.25) is 9.69 Å². The molecule has 0 fully saturated rings. The van der Waals surface area contributed by atoms with Gasteiger partial charge in [0.15, 0.2) is 6.23 Å². The van der Waals surface area contributed by atoms with Crippen LogP contribution in [0, 0.1) is 0 Å². The van der Waals surface area contributed by atoms with Crippen molar-refractivity contribution in [3.63, 3.8) is 0 Å². The standard InChI is InChI=1S/C12H18N2O2/c1-13(2)11(15)12(16)14(3)9-10-7-5-4-6-8-10/h4-8,11,15H,9H2,1-3H3. The average molecular weight is 222 g/mol. The monoisotopic (exact) mass is 222 g/mol. The van der Waals surface area contributed by atoms with Crippen LogP contribution in [0.2, 0.25) is 0 Å². The van der Waals surface area contributed by atoms with Gasteiger partial charge in [0, 0.05) is 13.6 Å². The molecule has 1 aromatic carbocycles. The molecule has 0 bridgehead atoms. The van der Waals surface area contributed by atoms with Crippen molar-refractivity contribution in [1.82, 2.24) is 9.80 Å². The maximum absolute atomic E-state index is 11.7. The molecule has 0 radical (unpaired) electrons. The Hall–Kier alpha value is -1.39. The van der Waals surface area contributed by atoms with Gasteiger partial charge >= 0.3 is 0 Å². The summed E-state index contributed by atoms with van der Waals surface area (Å²) in [5, 5.41) is 9.58. The number of carbonyl (C=O) groups excluding carboxylic acids is 1. The highest BCUT2D eigenvalue weighted by molar-refractivity contribution is 5.79. The molecule has 16 heavy (non-hydrogen) atoms. The van der Waals surface area contributed by atoms with Crippen molar-refractivity contribution in [2.24, 2.45) is 0 Å². The number of benzene rings is 1. The summed E-state index contributed by atoms with van der Waals surface area (Å²) in [7, 11) is 5.01. The smallest absolute Gasteiger partial charge is 0.266 e. The third-order valence-electron chi connectivity index (χ3n) is 2.35. The van der Waals surface area contributed by atoms with Crippen molar-refractivity contribution in [3.8, 4) is 0 Å². The lowest BCUT2D eigenvalue weighted by Gasteiger charge is -2.24. The van der Waals surface area contributed by atoms with Crippen LogP contribution in [0.1, 0.15) is 5.56 Å². The molecule has 0 aliphatic carbocycles. The fourth-order valence-electron chi connectivity index (χ4n) is 1.35. The normalized spacial score (nSPS) is 12.6. The molecule has 1 N–H and O–H groups in total. The molecule has 1 amide bonds. The summed E-state index contributed by atoms with van der Waals surface area (Å²) in [6.45, 7) is 0.505. The van der Waals surface area contributed by atoms with Crippen LogP contribution >= 0.6 is 0 Å². The number of nitrogens with zero attached hydrogens (tertiary/aromatic N) is 2. The van der Waals surface area contributed by atoms with Gasteiger partial charge in [-0.2, -0.15) is 0 Å². The van der Waals surface area contributed by atoms with Gasteiger partial charge in [-0.25, -0.2) is 0 Å². The molecule has 1 unspecified atom stereocenters. The van der Waals surface area contributed by atoms with Gasteiger partial charge in [0.05, 0.1) is 0 Å². The lowest BCUT2D eigenvalue weighted by molar-refractivity contribution is -0.147. The summed E-state index contributed by atoms with van der Waals surface area (Å²) in [5.74, 6) is -0.297. The summed E-state index contributed by atoms with van der Waals surface area (Å²) in [4.78, 5) is 14.7. The van der Waals surface area contributed by atoms with E-state index in [-0.39, 0.29) is 5.91 Å². The van der Waals surface area contributed by atoms with E-state index in [1.807, 2.05) is 30.3 Å². The zero-order valence-electron chi connectivity index (χ0n) is 9.92. The summed E-state index contributed by atoms with van der Waals surface area (Å²) >= 11 is 0. The first-order chi connectivity index (χ1) is 7.52. The van der Waals surface area contributed by atoms with Crippen molar-refractivity contribution in [2.75, 3.05) is 21.1 Å². The third kappa shape index (κ3) is 3.32.